The van der Waals surface area contributed by atoms with Crippen molar-refractivity contribution in [2.45, 2.75) is 24.5 Å². The van der Waals surface area contributed by atoms with Gasteiger partial charge in [0.15, 0.2) is 5.16 Å². The number of rotatable bonds is 3. The van der Waals surface area contributed by atoms with Gasteiger partial charge in [0.05, 0.1) is 5.69 Å². The van der Waals surface area contributed by atoms with E-state index in [1.165, 1.54) is 12.8 Å². The fourth-order valence-electron chi connectivity index (χ4n) is 1.76. The summed E-state index contributed by atoms with van der Waals surface area (Å²) < 4.78 is 0. The van der Waals surface area contributed by atoms with Crippen molar-refractivity contribution in [2.75, 3.05) is 24.2 Å². The summed E-state index contributed by atoms with van der Waals surface area (Å²) in [4.78, 5) is 11.2. The lowest BCUT2D eigenvalue weighted by Gasteiger charge is -2.17. The molecule has 4 nitrogen and oxygen atoms in total. The Bertz CT molecular complexity index is 314. The summed E-state index contributed by atoms with van der Waals surface area (Å²) in [5.41, 5.74) is 6.55. The van der Waals surface area contributed by atoms with E-state index in [9.17, 15) is 0 Å². The topological polar surface area (TPSA) is 55.0 Å². The number of nitrogens with zero attached hydrogens (tertiary/aromatic N) is 3. The average molecular weight is 224 g/mol. The molecule has 1 saturated heterocycles. The van der Waals surface area contributed by atoms with Crippen LogP contribution in [-0.4, -0.2) is 29.3 Å². The zero-order valence-corrected chi connectivity index (χ0v) is 9.76. The maximum Gasteiger partial charge on any atom is 0.189 e. The molecule has 0 aromatic carbocycles. The molecule has 0 atom stereocenters. The molecule has 82 valence electrons. The van der Waals surface area contributed by atoms with Gasteiger partial charge in [-0.2, -0.15) is 0 Å². The maximum absolute atomic E-state index is 5.62. The Labute approximate surface area is 94.3 Å². The second-order valence-electron chi connectivity index (χ2n) is 3.60. The quantitative estimate of drug-likeness (QED) is 0.619. The van der Waals surface area contributed by atoms with Crippen molar-refractivity contribution >= 4 is 17.6 Å². The summed E-state index contributed by atoms with van der Waals surface area (Å²) in [5.74, 6) is 1.03. The summed E-state index contributed by atoms with van der Waals surface area (Å²) in [6.45, 7) is 2.70. The van der Waals surface area contributed by atoms with Gasteiger partial charge in [0.2, 0.25) is 0 Å². The Kier molecular flexibility index (Phi) is 3.43. The molecule has 1 aromatic rings. The molecule has 2 rings (SSSR count). The predicted octanol–water partition coefficient (Wildman–Crippen LogP) is 1.26. The Morgan fingerprint density at radius 3 is 2.73 bits per heavy atom. The van der Waals surface area contributed by atoms with Gasteiger partial charge in [-0.05, 0) is 19.1 Å². The number of aromatic nitrogens is 2. The number of thioether (sulfide) groups is 1. The van der Waals surface area contributed by atoms with Crippen LogP contribution in [-0.2, 0) is 6.54 Å². The third-order valence-electron chi connectivity index (χ3n) is 2.57. The molecular weight excluding hydrogens is 208 g/mol. The van der Waals surface area contributed by atoms with E-state index in [1.807, 2.05) is 12.3 Å². The first kappa shape index (κ1) is 10.7. The van der Waals surface area contributed by atoms with E-state index in [4.69, 9.17) is 5.73 Å². The fraction of sp³-hybridized carbons (Fsp3) is 0.600. The minimum absolute atomic E-state index is 0.483. The van der Waals surface area contributed by atoms with E-state index in [1.54, 1.807) is 11.8 Å². The van der Waals surface area contributed by atoms with E-state index >= 15 is 0 Å². The monoisotopic (exact) mass is 224 g/mol. The molecule has 0 radical (unpaired) electrons. The van der Waals surface area contributed by atoms with Gasteiger partial charge < -0.3 is 10.6 Å². The van der Waals surface area contributed by atoms with E-state index in [0.717, 1.165) is 29.8 Å². The predicted molar refractivity (Wildman–Crippen MR) is 63.2 cm³/mol. The van der Waals surface area contributed by atoms with Crippen molar-refractivity contribution in [3.8, 4) is 0 Å². The minimum Gasteiger partial charge on any atom is -0.356 e. The standard InChI is InChI=1S/C10H16N4S/c1-15-10-12-8(7-11)6-9(13-10)14-4-2-3-5-14/h6H,2-5,7,11H2,1H3. The molecule has 2 N–H and O–H groups in total. The van der Waals surface area contributed by atoms with Crippen molar-refractivity contribution in [3.63, 3.8) is 0 Å². The summed E-state index contributed by atoms with van der Waals surface area (Å²) in [5, 5.41) is 0.819. The number of anilines is 1. The van der Waals surface area contributed by atoms with Gasteiger partial charge in [0, 0.05) is 25.7 Å². The van der Waals surface area contributed by atoms with Crippen LogP contribution in [0.25, 0.3) is 0 Å². The highest BCUT2D eigenvalue weighted by Gasteiger charge is 2.15. The average Bonchev–Trinajstić information content (AvgIpc) is 2.81. The van der Waals surface area contributed by atoms with Crippen molar-refractivity contribution in [3.05, 3.63) is 11.8 Å². The zero-order chi connectivity index (χ0) is 10.7. The summed E-state index contributed by atoms with van der Waals surface area (Å²) in [7, 11) is 0. The van der Waals surface area contributed by atoms with Gasteiger partial charge in [0.25, 0.3) is 0 Å². The molecule has 15 heavy (non-hydrogen) atoms. The first-order valence-corrected chi connectivity index (χ1v) is 6.43. The molecule has 0 spiro atoms. The molecule has 1 aromatic heterocycles. The molecule has 2 heterocycles. The SMILES string of the molecule is CSc1nc(CN)cc(N2CCCC2)n1. The Morgan fingerprint density at radius 2 is 2.13 bits per heavy atom. The highest BCUT2D eigenvalue weighted by Crippen LogP contribution is 2.21. The molecule has 0 unspecified atom stereocenters. The van der Waals surface area contributed by atoms with Crippen molar-refractivity contribution in [2.24, 2.45) is 5.73 Å². The van der Waals surface area contributed by atoms with Crippen molar-refractivity contribution < 1.29 is 0 Å². The normalized spacial score (nSPS) is 16.0. The van der Waals surface area contributed by atoms with E-state index in [2.05, 4.69) is 14.9 Å². The fourth-order valence-corrected chi connectivity index (χ4v) is 2.16. The number of hydrogen-bond acceptors (Lipinski definition) is 5. The lowest BCUT2D eigenvalue weighted by atomic mass is 10.4. The zero-order valence-electron chi connectivity index (χ0n) is 8.94. The van der Waals surface area contributed by atoms with Crippen molar-refractivity contribution in [1.82, 2.24) is 9.97 Å². The highest BCUT2D eigenvalue weighted by atomic mass is 32.2. The van der Waals surface area contributed by atoms with E-state index in [-0.39, 0.29) is 0 Å². The molecule has 0 saturated carbocycles. The van der Waals surface area contributed by atoms with Gasteiger partial charge in [-0.25, -0.2) is 9.97 Å². The molecule has 5 heteroatoms. The Morgan fingerprint density at radius 1 is 1.40 bits per heavy atom. The molecule has 0 aliphatic carbocycles. The smallest absolute Gasteiger partial charge is 0.189 e. The molecule has 0 amide bonds. The Balaban J connectivity index is 2.28. The van der Waals surface area contributed by atoms with Crippen LogP contribution < -0.4 is 10.6 Å². The molecular formula is C10H16N4S. The molecule has 0 bridgehead atoms. The number of hydrogen-bond donors (Lipinski definition) is 1. The third-order valence-corrected chi connectivity index (χ3v) is 3.11. The first-order valence-electron chi connectivity index (χ1n) is 5.20. The highest BCUT2D eigenvalue weighted by molar-refractivity contribution is 7.98. The maximum atomic E-state index is 5.62. The van der Waals surface area contributed by atoms with Crippen LogP contribution in [0.2, 0.25) is 0 Å². The molecule has 1 aliphatic heterocycles. The largest absolute Gasteiger partial charge is 0.356 e. The second kappa shape index (κ2) is 4.81. The summed E-state index contributed by atoms with van der Waals surface area (Å²) >= 11 is 1.57. The minimum atomic E-state index is 0.483. The lowest BCUT2D eigenvalue weighted by Crippen LogP contribution is -2.20. The van der Waals surface area contributed by atoms with Crippen LogP contribution in [0, 0.1) is 0 Å². The Hall–Kier alpha value is -0.810. The molecule has 1 fully saturated rings. The lowest BCUT2D eigenvalue weighted by molar-refractivity contribution is 0.836. The molecule has 1 aliphatic rings. The van der Waals surface area contributed by atoms with Gasteiger partial charge in [-0.3, -0.25) is 0 Å². The van der Waals surface area contributed by atoms with Gasteiger partial charge in [-0.15, -0.1) is 0 Å². The van der Waals surface area contributed by atoms with Crippen LogP contribution in [0.3, 0.4) is 0 Å². The van der Waals surface area contributed by atoms with Gasteiger partial charge in [0.1, 0.15) is 5.82 Å². The van der Waals surface area contributed by atoms with Crippen molar-refractivity contribution in [1.29, 1.82) is 0 Å². The number of nitrogens with two attached hydrogens (primary N) is 1. The van der Waals surface area contributed by atoms with E-state index in [0.29, 0.717) is 6.54 Å². The second-order valence-corrected chi connectivity index (χ2v) is 4.38. The van der Waals surface area contributed by atoms with Crippen LogP contribution in [0.5, 0.6) is 0 Å². The van der Waals surface area contributed by atoms with Gasteiger partial charge >= 0.3 is 0 Å². The first-order chi connectivity index (χ1) is 7.33. The van der Waals surface area contributed by atoms with E-state index < -0.39 is 0 Å². The van der Waals surface area contributed by atoms with Crippen LogP contribution in [0.4, 0.5) is 5.82 Å². The summed E-state index contributed by atoms with van der Waals surface area (Å²) in [6, 6.07) is 2.00. The summed E-state index contributed by atoms with van der Waals surface area (Å²) in [6.07, 6.45) is 4.51. The van der Waals surface area contributed by atoms with Crippen LogP contribution in [0.1, 0.15) is 18.5 Å². The van der Waals surface area contributed by atoms with Crippen LogP contribution >= 0.6 is 11.8 Å². The third kappa shape index (κ3) is 2.41. The van der Waals surface area contributed by atoms with Crippen LogP contribution in [0.15, 0.2) is 11.2 Å². The van der Waals surface area contributed by atoms with Gasteiger partial charge in [-0.1, -0.05) is 11.8 Å².